The van der Waals surface area contributed by atoms with Crippen LogP contribution >= 0.6 is 0 Å². The van der Waals surface area contributed by atoms with Crippen LogP contribution in [0.3, 0.4) is 0 Å². The molecule has 0 radical (unpaired) electrons. The summed E-state index contributed by atoms with van der Waals surface area (Å²) >= 11 is 0. The lowest BCUT2D eigenvalue weighted by Crippen LogP contribution is -2.58. The zero-order chi connectivity index (χ0) is 12.6. The molecule has 1 heterocycles. The number of carboxylic acid groups (broad SMARTS) is 1. The third-order valence-corrected chi connectivity index (χ3v) is 3.67. The van der Waals surface area contributed by atoms with Crippen molar-refractivity contribution < 1.29 is 14.7 Å². The van der Waals surface area contributed by atoms with Crippen molar-refractivity contribution in [3.05, 3.63) is 0 Å². The van der Waals surface area contributed by atoms with Gasteiger partial charge in [-0.25, -0.2) is 9.59 Å². The minimum absolute atomic E-state index is 0.215. The number of piperidine rings is 1. The Bertz CT molecular complexity index is 337. The molecular formula is C12H20N2O3. The first kappa shape index (κ1) is 12.2. The molecule has 1 atom stereocenters. The van der Waals surface area contributed by atoms with Crippen molar-refractivity contribution in [2.45, 2.75) is 51.6 Å². The second-order valence-electron chi connectivity index (χ2n) is 5.75. The van der Waals surface area contributed by atoms with Crippen molar-refractivity contribution >= 4 is 12.0 Å². The van der Waals surface area contributed by atoms with Crippen LogP contribution in [0.15, 0.2) is 0 Å². The molecule has 0 spiro atoms. The Hall–Kier alpha value is -1.26. The summed E-state index contributed by atoms with van der Waals surface area (Å²) in [5.41, 5.74) is -0.356. The molecule has 5 nitrogen and oxygen atoms in total. The fraction of sp³-hybridized carbons (Fsp3) is 0.833. The van der Waals surface area contributed by atoms with Crippen LogP contribution in [0, 0.1) is 5.41 Å². The molecule has 0 aromatic heterocycles. The molecule has 1 saturated carbocycles. The molecule has 96 valence electrons. The summed E-state index contributed by atoms with van der Waals surface area (Å²) in [6.07, 6.45) is 3.74. The maximum Gasteiger partial charge on any atom is 0.327 e. The van der Waals surface area contributed by atoms with Crippen LogP contribution in [-0.4, -0.2) is 40.6 Å². The summed E-state index contributed by atoms with van der Waals surface area (Å²) in [6, 6.07) is -0.662. The first-order valence-electron chi connectivity index (χ1n) is 6.22. The van der Waals surface area contributed by atoms with Gasteiger partial charge in [-0.1, -0.05) is 13.8 Å². The van der Waals surface area contributed by atoms with Gasteiger partial charge in [-0.2, -0.15) is 0 Å². The average molecular weight is 240 g/mol. The lowest BCUT2D eigenvalue weighted by atomic mass is 9.76. The predicted molar refractivity (Wildman–Crippen MR) is 62.7 cm³/mol. The number of carbonyl (C=O) groups is 2. The van der Waals surface area contributed by atoms with Crippen LogP contribution in [0.25, 0.3) is 0 Å². The molecule has 1 aliphatic heterocycles. The monoisotopic (exact) mass is 240 g/mol. The lowest BCUT2D eigenvalue weighted by molar-refractivity contribution is -0.148. The van der Waals surface area contributed by atoms with Gasteiger partial charge < -0.3 is 15.3 Å². The van der Waals surface area contributed by atoms with Gasteiger partial charge in [0.1, 0.15) is 6.04 Å². The molecule has 1 unspecified atom stereocenters. The number of urea groups is 1. The molecule has 2 amide bonds. The van der Waals surface area contributed by atoms with Gasteiger partial charge >= 0.3 is 12.0 Å². The van der Waals surface area contributed by atoms with Gasteiger partial charge in [0.05, 0.1) is 0 Å². The highest BCUT2D eigenvalue weighted by Crippen LogP contribution is 2.35. The summed E-state index contributed by atoms with van der Waals surface area (Å²) in [4.78, 5) is 24.9. The zero-order valence-electron chi connectivity index (χ0n) is 10.4. The number of amides is 2. The molecule has 1 aliphatic carbocycles. The van der Waals surface area contributed by atoms with E-state index < -0.39 is 12.0 Å². The van der Waals surface area contributed by atoms with Gasteiger partial charge in [0, 0.05) is 12.6 Å². The van der Waals surface area contributed by atoms with Crippen LogP contribution in [0.1, 0.15) is 39.5 Å². The number of nitrogens with one attached hydrogen (secondary N) is 1. The van der Waals surface area contributed by atoms with Crippen LogP contribution in [0.5, 0.6) is 0 Å². The molecule has 0 bridgehead atoms. The third-order valence-electron chi connectivity index (χ3n) is 3.67. The summed E-state index contributed by atoms with van der Waals surface area (Å²) < 4.78 is 0. The first-order chi connectivity index (χ1) is 7.92. The third kappa shape index (κ3) is 2.53. The SMILES string of the molecule is CC1(C)CCCN(C(=O)NC2CC2)C1C(=O)O. The van der Waals surface area contributed by atoms with Gasteiger partial charge in [0.25, 0.3) is 0 Å². The van der Waals surface area contributed by atoms with Crippen LogP contribution in [0.4, 0.5) is 4.79 Å². The number of rotatable bonds is 2. The topological polar surface area (TPSA) is 69.6 Å². The Labute approximate surface area is 101 Å². The Kier molecular flexibility index (Phi) is 3.02. The number of aliphatic carboxylic acids is 1. The number of carbonyl (C=O) groups excluding carboxylic acids is 1. The molecule has 2 N–H and O–H groups in total. The summed E-state index contributed by atoms with van der Waals surface area (Å²) in [7, 11) is 0. The van der Waals surface area contributed by atoms with E-state index in [-0.39, 0.29) is 17.5 Å². The number of hydrogen-bond donors (Lipinski definition) is 2. The van der Waals surface area contributed by atoms with E-state index in [9.17, 15) is 14.7 Å². The normalized spacial score (nSPS) is 27.6. The van der Waals surface area contributed by atoms with Gasteiger partial charge in [-0.15, -0.1) is 0 Å². The minimum atomic E-state index is -0.902. The van der Waals surface area contributed by atoms with Crippen molar-refractivity contribution in [2.75, 3.05) is 6.54 Å². The Morgan fingerprint density at radius 2 is 2.00 bits per heavy atom. The molecule has 5 heteroatoms. The molecule has 17 heavy (non-hydrogen) atoms. The molecule has 2 rings (SSSR count). The van der Waals surface area contributed by atoms with E-state index in [0.29, 0.717) is 6.54 Å². The molecule has 0 aromatic carbocycles. The zero-order valence-corrected chi connectivity index (χ0v) is 10.4. The van der Waals surface area contributed by atoms with E-state index in [2.05, 4.69) is 5.32 Å². The van der Waals surface area contributed by atoms with Crippen molar-refractivity contribution in [1.29, 1.82) is 0 Å². The van der Waals surface area contributed by atoms with E-state index in [4.69, 9.17) is 0 Å². The van der Waals surface area contributed by atoms with Crippen molar-refractivity contribution in [3.8, 4) is 0 Å². The highest BCUT2D eigenvalue weighted by Gasteiger charge is 2.45. The fourth-order valence-corrected chi connectivity index (χ4v) is 2.56. The van der Waals surface area contributed by atoms with E-state index in [1.54, 1.807) is 0 Å². The standard InChI is InChI=1S/C12H20N2O3/c1-12(2)6-3-7-14(9(12)10(15)16)11(17)13-8-4-5-8/h8-9H,3-7H2,1-2H3,(H,13,17)(H,15,16). The van der Waals surface area contributed by atoms with Crippen LogP contribution in [0.2, 0.25) is 0 Å². The highest BCUT2D eigenvalue weighted by atomic mass is 16.4. The second-order valence-corrected chi connectivity index (χ2v) is 5.75. The van der Waals surface area contributed by atoms with Gasteiger partial charge in [-0.3, -0.25) is 0 Å². The number of hydrogen-bond acceptors (Lipinski definition) is 2. The largest absolute Gasteiger partial charge is 0.480 e. The maximum atomic E-state index is 12.0. The van der Waals surface area contributed by atoms with E-state index >= 15 is 0 Å². The molecule has 0 aromatic rings. The van der Waals surface area contributed by atoms with Crippen molar-refractivity contribution in [2.24, 2.45) is 5.41 Å². The van der Waals surface area contributed by atoms with Crippen molar-refractivity contribution in [1.82, 2.24) is 10.2 Å². The molecule has 2 fully saturated rings. The predicted octanol–water partition coefficient (Wildman–Crippen LogP) is 1.43. The number of likely N-dealkylation sites (tertiary alicyclic amines) is 1. The maximum absolute atomic E-state index is 12.0. The van der Waals surface area contributed by atoms with E-state index in [1.165, 1.54) is 4.90 Å². The van der Waals surface area contributed by atoms with E-state index in [0.717, 1.165) is 25.7 Å². The first-order valence-corrected chi connectivity index (χ1v) is 6.22. The van der Waals surface area contributed by atoms with Gasteiger partial charge in [0.15, 0.2) is 0 Å². The van der Waals surface area contributed by atoms with Crippen molar-refractivity contribution in [3.63, 3.8) is 0 Å². The average Bonchev–Trinajstić information content (AvgIpc) is 2.98. The van der Waals surface area contributed by atoms with E-state index in [1.807, 2.05) is 13.8 Å². The van der Waals surface area contributed by atoms with Crippen LogP contribution < -0.4 is 5.32 Å². The summed E-state index contributed by atoms with van der Waals surface area (Å²) in [5.74, 6) is -0.902. The Morgan fingerprint density at radius 3 is 2.53 bits per heavy atom. The molecule has 1 saturated heterocycles. The van der Waals surface area contributed by atoms with Gasteiger partial charge in [-0.05, 0) is 31.1 Å². The lowest BCUT2D eigenvalue weighted by Gasteiger charge is -2.43. The summed E-state index contributed by atoms with van der Waals surface area (Å²) in [5, 5.41) is 12.2. The number of carboxylic acids is 1. The molecule has 2 aliphatic rings. The Balaban J connectivity index is 2.11. The summed E-state index contributed by atoms with van der Waals surface area (Å²) in [6.45, 7) is 4.38. The minimum Gasteiger partial charge on any atom is -0.480 e. The number of nitrogens with zero attached hydrogens (tertiary/aromatic N) is 1. The van der Waals surface area contributed by atoms with Gasteiger partial charge in [0.2, 0.25) is 0 Å². The second kappa shape index (κ2) is 4.20. The Morgan fingerprint density at radius 1 is 1.35 bits per heavy atom. The molecular weight excluding hydrogens is 220 g/mol. The van der Waals surface area contributed by atoms with Crippen LogP contribution in [-0.2, 0) is 4.79 Å². The smallest absolute Gasteiger partial charge is 0.327 e. The highest BCUT2D eigenvalue weighted by molar-refractivity contribution is 5.83. The fourth-order valence-electron chi connectivity index (χ4n) is 2.56. The quantitative estimate of drug-likeness (QED) is 0.767.